The Labute approximate surface area is 190 Å². The first-order valence-corrected chi connectivity index (χ1v) is 12.0. The first-order valence-electron chi connectivity index (χ1n) is 10.2. The summed E-state index contributed by atoms with van der Waals surface area (Å²) in [5.41, 5.74) is 0.661. The lowest BCUT2D eigenvalue weighted by Gasteiger charge is -2.30. The van der Waals surface area contributed by atoms with Crippen LogP contribution in [0.4, 0.5) is 6.01 Å². The van der Waals surface area contributed by atoms with Gasteiger partial charge >= 0.3 is 6.01 Å². The molecule has 0 saturated carbocycles. The van der Waals surface area contributed by atoms with Crippen molar-refractivity contribution in [2.24, 2.45) is 5.92 Å². The summed E-state index contributed by atoms with van der Waals surface area (Å²) in [7, 11) is -3.63. The number of amides is 1. The molecule has 12 heteroatoms. The minimum Gasteiger partial charge on any atom is -0.401 e. The molecule has 170 valence electrons. The van der Waals surface area contributed by atoms with Crippen LogP contribution in [0, 0.1) is 5.92 Å². The maximum absolute atomic E-state index is 12.8. The van der Waals surface area contributed by atoms with Crippen LogP contribution in [-0.2, 0) is 14.8 Å². The van der Waals surface area contributed by atoms with Gasteiger partial charge in [-0.2, -0.15) is 9.40 Å². The van der Waals surface area contributed by atoms with Crippen LogP contribution in [0.5, 0.6) is 0 Å². The van der Waals surface area contributed by atoms with E-state index in [-0.39, 0.29) is 47.8 Å². The molecule has 1 aliphatic heterocycles. The first kappa shape index (κ1) is 22.4. The molecule has 0 atom stereocenters. The third kappa shape index (κ3) is 4.54. The van der Waals surface area contributed by atoms with Crippen molar-refractivity contribution >= 4 is 33.5 Å². The summed E-state index contributed by atoms with van der Waals surface area (Å²) in [5.74, 6) is -0.375. The fraction of sp³-hybridized carbons (Fsp3) is 0.400. The Hall–Kier alpha value is -2.76. The Morgan fingerprint density at radius 2 is 1.84 bits per heavy atom. The number of carbonyl (C=O) groups is 1. The number of carbonyl (C=O) groups excluding carboxylic acids is 1. The van der Waals surface area contributed by atoms with Gasteiger partial charge in [-0.1, -0.05) is 16.7 Å². The Morgan fingerprint density at radius 3 is 2.50 bits per heavy atom. The Balaban J connectivity index is 1.37. The number of sulfonamides is 1. The lowest BCUT2D eigenvalue weighted by molar-refractivity contribution is -0.121. The number of nitrogens with one attached hydrogen (secondary N) is 1. The van der Waals surface area contributed by atoms with Crippen molar-refractivity contribution in [2.45, 2.75) is 37.6 Å². The summed E-state index contributed by atoms with van der Waals surface area (Å²) in [6.45, 7) is 4.45. The Kier molecular flexibility index (Phi) is 6.31. The molecule has 1 amide bonds. The molecule has 0 aliphatic carbocycles. The number of hydrogen-bond acceptors (Lipinski definition) is 7. The number of aromatic nitrogens is 4. The van der Waals surface area contributed by atoms with E-state index in [1.807, 2.05) is 13.8 Å². The van der Waals surface area contributed by atoms with Crippen molar-refractivity contribution in [2.75, 3.05) is 18.4 Å². The smallest absolute Gasteiger partial charge is 0.322 e. The van der Waals surface area contributed by atoms with E-state index in [0.29, 0.717) is 23.6 Å². The van der Waals surface area contributed by atoms with E-state index in [1.54, 1.807) is 29.1 Å². The largest absolute Gasteiger partial charge is 0.401 e. The molecule has 0 radical (unpaired) electrons. The predicted molar refractivity (Wildman–Crippen MR) is 117 cm³/mol. The van der Waals surface area contributed by atoms with Gasteiger partial charge in [0, 0.05) is 36.3 Å². The molecule has 1 fully saturated rings. The van der Waals surface area contributed by atoms with Gasteiger partial charge in [0.25, 0.3) is 5.89 Å². The molecule has 10 nitrogen and oxygen atoms in total. The van der Waals surface area contributed by atoms with Crippen molar-refractivity contribution in [1.82, 2.24) is 24.3 Å². The molecule has 0 unspecified atom stereocenters. The molecule has 1 aliphatic rings. The fourth-order valence-corrected chi connectivity index (χ4v) is 5.19. The van der Waals surface area contributed by atoms with E-state index in [1.165, 1.54) is 16.4 Å². The highest BCUT2D eigenvalue weighted by Gasteiger charge is 2.32. The fourth-order valence-electron chi connectivity index (χ4n) is 3.59. The van der Waals surface area contributed by atoms with E-state index >= 15 is 0 Å². The van der Waals surface area contributed by atoms with Crippen LogP contribution in [0.3, 0.4) is 0 Å². The van der Waals surface area contributed by atoms with E-state index < -0.39 is 10.0 Å². The lowest BCUT2D eigenvalue weighted by atomic mass is 9.97. The van der Waals surface area contributed by atoms with Crippen LogP contribution >= 0.6 is 11.6 Å². The Bertz CT molecular complexity index is 1200. The van der Waals surface area contributed by atoms with Crippen LogP contribution in [0.2, 0.25) is 5.02 Å². The monoisotopic (exact) mass is 478 g/mol. The SMILES string of the molecule is CC(C)n1nccc1-c1nnc(NC(=O)C2CCN(S(=O)(=O)c3ccc(Cl)cc3)CC2)o1. The number of benzene rings is 1. The molecule has 1 N–H and O–H groups in total. The van der Waals surface area contributed by atoms with Crippen LogP contribution in [-0.4, -0.2) is 51.7 Å². The average molecular weight is 479 g/mol. The van der Waals surface area contributed by atoms with Crippen LogP contribution < -0.4 is 5.32 Å². The molecule has 1 aromatic carbocycles. The first-order chi connectivity index (χ1) is 15.3. The molecule has 4 rings (SSSR count). The van der Waals surface area contributed by atoms with Gasteiger partial charge < -0.3 is 4.42 Å². The van der Waals surface area contributed by atoms with Crippen LogP contribution in [0.25, 0.3) is 11.6 Å². The Morgan fingerprint density at radius 1 is 1.16 bits per heavy atom. The third-order valence-corrected chi connectivity index (χ3v) is 7.47. The summed E-state index contributed by atoms with van der Waals surface area (Å²) in [5, 5.41) is 15.2. The second-order valence-corrected chi connectivity index (χ2v) is 10.2. The number of hydrogen-bond donors (Lipinski definition) is 1. The second kappa shape index (κ2) is 9.00. The maximum Gasteiger partial charge on any atom is 0.322 e. The average Bonchev–Trinajstić information content (AvgIpc) is 3.43. The van der Waals surface area contributed by atoms with Crippen LogP contribution in [0.1, 0.15) is 32.7 Å². The van der Waals surface area contributed by atoms with Crippen molar-refractivity contribution < 1.29 is 17.6 Å². The lowest BCUT2D eigenvalue weighted by Crippen LogP contribution is -2.41. The highest BCUT2D eigenvalue weighted by molar-refractivity contribution is 7.89. The summed E-state index contributed by atoms with van der Waals surface area (Å²) in [4.78, 5) is 12.8. The minimum absolute atomic E-state index is 0.00211. The number of nitrogens with zero attached hydrogens (tertiary/aromatic N) is 5. The molecule has 3 heterocycles. The molecule has 32 heavy (non-hydrogen) atoms. The van der Waals surface area contributed by atoms with Crippen molar-refractivity contribution in [3.8, 4) is 11.6 Å². The minimum atomic E-state index is -3.63. The van der Waals surface area contributed by atoms with Gasteiger partial charge in [-0.25, -0.2) is 8.42 Å². The van der Waals surface area contributed by atoms with Crippen molar-refractivity contribution in [1.29, 1.82) is 0 Å². The second-order valence-electron chi connectivity index (χ2n) is 7.79. The summed E-state index contributed by atoms with van der Waals surface area (Å²) < 4.78 is 34.3. The zero-order valence-corrected chi connectivity index (χ0v) is 19.2. The van der Waals surface area contributed by atoms with Gasteiger partial charge in [0.1, 0.15) is 5.69 Å². The van der Waals surface area contributed by atoms with E-state index in [9.17, 15) is 13.2 Å². The highest BCUT2D eigenvalue weighted by atomic mass is 35.5. The highest BCUT2D eigenvalue weighted by Crippen LogP contribution is 2.26. The van der Waals surface area contributed by atoms with E-state index in [4.69, 9.17) is 16.0 Å². The molecule has 1 saturated heterocycles. The van der Waals surface area contributed by atoms with Gasteiger partial charge in [0.15, 0.2) is 0 Å². The summed E-state index contributed by atoms with van der Waals surface area (Å²) in [6.07, 6.45) is 2.42. The van der Waals surface area contributed by atoms with Gasteiger partial charge in [-0.05, 0) is 57.0 Å². The van der Waals surface area contributed by atoms with E-state index in [2.05, 4.69) is 20.6 Å². The molecule has 3 aromatic rings. The van der Waals surface area contributed by atoms with Crippen molar-refractivity contribution in [3.05, 3.63) is 41.6 Å². The number of rotatable bonds is 6. The van der Waals surface area contributed by atoms with E-state index in [0.717, 1.165) is 0 Å². The molecule has 0 bridgehead atoms. The molecular formula is C20H23ClN6O4S. The van der Waals surface area contributed by atoms with Gasteiger partial charge in [0.05, 0.1) is 4.90 Å². The van der Waals surface area contributed by atoms with Crippen molar-refractivity contribution in [3.63, 3.8) is 0 Å². The summed E-state index contributed by atoms with van der Waals surface area (Å²) >= 11 is 5.85. The number of anilines is 1. The normalized spacial score (nSPS) is 15.9. The predicted octanol–water partition coefficient (Wildman–Crippen LogP) is 3.21. The standard InChI is InChI=1S/C20H23ClN6O4S/c1-13(2)27-17(7-10-22-27)19-24-25-20(31-19)23-18(28)14-8-11-26(12-9-14)32(29,30)16-5-3-15(21)4-6-16/h3-7,10,13-14H,8-9,11-12H2,1-2H3,(H,23,25,28). The number of piperidine rings is 1. The zero-order chi connectivity index (χ0) is 22.9. The molecule has 0 spiro atoms. The summed E-state index contributed by atoms with van der Waals surface area (Å²) in [6, 6.07) is 7.92. The van der Waals surface area contributed by atoms with Gasteiger partial charge in [-0.15, -0.1) is 5.10 Å². The van der Waals surface area contributed by atoms with Crippen LogP contribution in [0.15, 0.2) is 45.8 Å². The zero-order valence-electron chi connectivity index (χ0n) is 17.6. The molecule has 2 aromatic heterocycles. The topological polar surface area (TPSA) is 123 Å². The van der Waals surface area contributed by atoms with Gasteiger partial charge in [-0.3, -0.25) is 14.8 Å². The quantitative estimate of drug-likeness (QED) is 0.576. The van der Waals surface area contributed by atoms with Gasteiger partial charge in [0.2, 0.25) is 15.9 Å². The number of halogens is 1. The third-order valence-electron chi connectivity index (χ3n) is 5.31. The molecular weight excluding hydrogens is 456 g/mol. The maximum atomic E-state index is 12.8.